The molecule has 3 rings (SSSR count). The van der Waals surface area contributed by atoms with Crippen molar-refractivity contribution >= 4 is 0 Å². The summed E-state index contributed by atoms with van der Waals surface area (Å²) in [6.07, 6.45) is 5.34. The Kier molecular flexibility index (Phi) is 3.38. The fourth-order valence-electron chi connectivity index (χ4n) is 3.15. The van der Waals surface area contributed by atoms with Crippen molar-refractivity contribution in [2.75, 3.05) is 7.05 Å². The molecule has 0 aliphatic heterocycles. The van der Waals surface area contributed by atoms with Crippen molar-refractivity contribution in [3.63, 3.8) is 0 Å². The van der Waals surface area contributed by atoms with Gasteiger partial charge in [0.2, 0.25) is 0 Å². The predicted octanol–water partition coefficient (Wildman–Crippen LogP) is 2.28. The summed E-state index contributed by atoms with van der Waals surface area (Å²) in [5.41, 5.74) is 4.37. The topological polar surface area (TPSA) is 29.9 Å². The van der Waals surface area contributed by atoms with Crippen LogP contribution in [-0.4, -0.2) is 22.9 Å². The Bertz CT molecular complexity index is 559. The third-order valence-electron chi connectivity index (χ3n) is 4.38. The maximum atomic E-state index is 4.23. The van der Waals surface area contributed by atoms with Gasteiger partial charge in [0.1, 0.15) is 0 Å². The van der Waals surface area contributed by atoms with Crippen molar-refractivity contribution in [2.45, 2.75) is 31.2 Å². The minimum absolute atomic E-state index is 0.560. The highest BCUT2D eigenvalue weighted by atomic mass is 15.2. The molecule has 3 heteroatoms. The first-order chi connectivity index (χ1) is 9.29. The second-order valence-electron chi connectivity index (χ2n) is 5.39. The van der Waals surface area contributed by atoms with Crippen molar-refractivity contribution in [1.29, 1.82) is 0 Å². The molecular weight excluding hydrogens is 234 g/mol. The van der Waals surface area contributed by atoms with E-state index in [2.05, 4.69) is 47.8 Å². The van der Waals surface area contributed by atoms with E-state index in [0.717, 1.165) is 12.8 Å². The number of benzene rings is 1. The zero-order chi connectivity index (χ0) is 13.2. The molecule has 1 aromatic carbocycles. The van der Waals surface area contributed by atoms with Gasteiger partial charge in [0.05, 0.1) is 0 Å². The van der Waals surface area contributed by atoms with Gasteiger partial charge in [-0.05, 0) is 43.5 Å². The maximum Gasteiger partial charge on any atom is 0.0492 e. The van der Waals surface area contributed by atoms with Crippen molar-refractivity contribution in [1.82, 2.24) is 15.1 Å². The van der Waals surface area contributed by atoms with Gasteiger partial charge in [0.25, 0.3) is 0 Å². The molecule has 0 amide bonds. The van der Waals surface area contributed by atoms with Crippen LogP contribution in [0.2, 0.25) is 0 Å². The van der Waals surface area contributed by atoms with Crippen LogP contribution in [0.1, 0.15) is 29.2 Å². The molecule has 100 valence electrons. The third kappa shape index (κ3) is 2.30. The molecule has 1 aliphatic carbocycles. The second-order valence-corrected chi connectivity index (χ2v) is 5.39. The Balaban J connectivity index is 1.65. The molecule has 0 radical (unpaired) electrons. The smallest absolute Gasteiger partial charge is 0.0492 e. The minimum atomic E-state index is 0.560. The van der Waals surface area contributed by atoms with Gasteiger partial charge in [-0.1, -0.05) is 24.3 Å². The van der Waals surface area contributed by atoms with Crippen LogP contribution >= 0.6 is 0 Å². The van der Waals surface area contributed by atoms with Crippen molar-refractivity contribution in [2.24, 2.45) is 7.05 Å². The summed E-state index contributed by atoms with van der Waals surface area (Å²) in [7, 11) is 4.09. The molecule has 19 heavy (non-hydrogen) atoms. The van der Waals surface area contributed by atoms with Crippen molar-refractivity contribution in [3.05, 3.63) is 53.3 Å². The van der Waals surface area contributed by atoms with Crippen LogP contribution in [0.3, 0.4) is 0 Å². The summed E-state index contributed by atoms with van der Waals surface area (Å²) in [6, 6.07) is 11.5. The van der Waals surface area contributed by atoms with Crippen LogP contribution in [0.15, 0.2) is 36.5 Å². The van der Waals surface area contributed by atoms with Crippen LogP contribution in [0.5, 0.6) is 0 Å². The Morgan fingerprint density at radius 3 is 2.89 bits per heavy atom. The van der Waals surface area contributed by atoms with E-state index < -0.39 is 0 Å². The molecule has 1 aliphatic rings. The number of hydrogen-bond donors (Lipinski definition) is 1. The van der Waals surface area contributed by atoms with E-state index in [1.807, 2.05) is 17.9 Å². The number of likely N-dealkylation sites (N-methyl/N-ethyl adjacent to an activating group) is 1. The van der Waals surface area contributed by atoms with E-state index in [0.29, 0.717) is 12.0 Å². The SMILES string of the molecule is CNC(CCc1ccnn1C)C1Cc2ccccc21. The average molecular weight is 255 g/mol. The lowest BCUT2D eigenvalue weighted by molar-refractivity contribution is 0.399. The average Bonchev–Trinajstić information content (AvgIpc) is 2.80. The van der Waals surface area contributed by atoms with Gasteiger partial charge >= 0.3 is 0 Å². The Morgan fingerprint density at radius 2 is 2.21 bits per heavy atom. The van der Waals surface area contributed by atoms with Gasteiger partial charge in [0, 0.05) is 30.9 Å². The molecule has 0 spiro atoms. The number of hydrogen-bond acceptors (Lipinski definition) is 2. The van der Waals surface area contributed by atoms with E-state index in [-0.39, 0.29) is 0 Å². The second kappa shape index (κ2) is 5.17. The Labute approximate surface area is 114 Å². The highest BCUT2D eigenvalue weighted by Crippen LogP contribution is 2.38. The molecule has 0 saturated carbocycles. The number of rotatable bonds is 5. The van der Waals surface area contributed by atoms with Crippen molar-refractivity contribution in [3.8, 4) is 0 Å². The highest BCUT2D eigenvalue weighted by Gasteiger charge is 2.31. The molecule has 1 N–H and O–H groups in total. The molecule has 0 bridgehead atoms. The zero-order valence-electron chi connectivity index (χ0n) is 11.6. The van der Waals surface area contributed by atoms with Gasteiger partial charge in [-0.25, -0.2) is 0 Å². The largest absolute Gasteiger partial charge is 0.316 e. The van der Waals surface area contributed by atoms with E-state index in [9.17, 15) is 0 Å². The zero-order valence-corrected chi connectivity index (χ0v) is 11.6. The number of nitrogens with one attached hydrogen (secondary N) is 1. The minimum Gasteiger partial charge on any atom is -0.316 e. The van der Waals surface area contributed by atoms with E-state index in [1.54, 1.807) is 0 Å². The van der Waals surface area contributed by atoms with Crippen LogP contribution in [0.25, 0.3) is 0 Å². The van der Waals surface area contributed by atoms with E-state index >= 15 is 0 Å². The first kappa shape index (κ1) is 12.4. The Morgan fingerprint density at radius 1 is 1.37 bits per heavy atom. The molecule has 1 aromatic heterocycles. The molecule has 2 atom stereocenters. The first-order valence-electron chi connectivity index (χ1n) is 7.01. The van der Waals surface area contributed by atoms with Gasteiger partial charge in [-0.2, -0.15) is 5.10 Å². The van der Waals surface area contributed by atoms with E-state index in [1.165, 1.54) is 23.2 Å². The molecule has 2 aromatic rings. The summed E-state index contributed by atoms with van der Waals surface area (Å²) in [5, 5.41) is 7.73. The number of aryl methyl sites for hydroxylation is 2. The summed E-state index contributed by atoms with van der Waals surface area (Å²) >= 11 is 0. The molecule has 2 unspecified atom stereocenters. The molecular formula is C16H21N3. The summed E-state index contributed by atoms with van der Waals surface area (Å²) in [4.78, 5) is 0. The molecule has 0 saturated heterocycles. The number of aromatic nitrogens is 2. The first-order valence-corrected chi connectivity index (χ1v) is 7.01. The quantitative estimate of drug-likeness (QED) is 0.888. The lowest BCUT2D eigenvalue weighted by atomic mass is 9.72. The Hall–Kier alpha value is -1.61. The fourth-order valence-corrected chi connectivity index (χ4v) is 3.15. The fraction of sp³-hybridized carbons (Fsp3) is 0.438. The summed E-state index contributed by atoms with van der Waals surface area (Å²) < 4.78 is 1.97. The normalized spacial score (nSPS) is 18.7. The van der Waals surface area contributed by atoms with Crippen molar-refractivity contribution < 1.29 is 0 Å². The van der Waals surface area contributed by atoms with Gasteiger partial charge in [-0.15, -0.1) is 0 Å². The molecule has 3 nitrogen and oxygen atoms in total. The summed E-state index contributed by atoms with van der Waals surface area (Å²) in [6.45, 7) is 0. The van der Waals surface area contributed by atoms with Crippen LogP contribution in [0, 0.1) is 0 Å². The lowest BCUT2D eigenvalue weighted by Gasteiger charge is -2.36. The maximum absolute atomic E-state index is 4.23. The van der Waals surface area contributed by atoms with Crippen LogP contribution in [-0.2, 0) is 19.9 Å². The van der Waals surface area contributed by atoms with Gasteiger partial charge < -0.3 is 5.32 Å². The lowest BCUT2D eigenvalue weighted by Crippen LogP contribution is -2.38. The highest BCUT2D eigenvalue weighted by molar-refractivity contribution is 5.41. The molecule has 1 heterocycles. The molecule has 0 fully saturated rings. The number of nitrogens with zero attached hydrogens (tertiary/aromatic N) is 2. The van der Waals surface area contributed by atoms with E-state index in [4.69, 9.17) is 0 Å². The monoisotopic (exact) mass is 255 g/mol. The van der Waals surface area contributed by atoms with Crippen LogP contribution < -0.4 is 5.32 Å². The third-order valence-corrected chi connectivity index (χ3v) is 4.38. The summed E-state index contributed by atoms with van der Waals surface area (Å²) in [5.74, 6) is 0.675. The van der Waals surface area contributed by atoms with Gasteiger partial charge in [-0.3, -0.25) is 4.68 Å². The standard InChI is InChI=1S/C16H21N3/c1-17-16(8-7-13-9-10-18-19(13)2)15-11-12-5-3-4-6-14(12)15/h3-6,9-10,15-17H,7-8,11H2,1-2H3. The number of fused-ring (bicyclic) bond motifs is 1. The van der Waals surface area contributed by atoms with Crippen LogP contribution in [0.4, 0.5) is 0 Å². The predicted molar refractivity (Wildman–Crippen MR) is 77.3 cm³/mol. The van der Waals surface area contributed by atoms with Gasteiger partial charge in [0.15, 0.2) is 0 Å².